The van der Waals surface area contributed by atoms with Crippen molar-refractivity contribution in [3.63, 3.8) is 0 Å². The molecule has 7 nitrogen and oxygen atoms in total. The average molecular weight is 448 g/mol. The smallest absolute Gasteiger partial charge is 0.232 e. The molecule has 1 aliphatic rings. The standard InChI is InChI=1S/C21H25N3O4S2/c1-2-16-13-29-21(22-16)18(11-14-7-9-17(10-8-14)24-30(27)28)23-20(26)12-15-5-3-4-6-19(15)25/h3-9,13,17-18,24-25H,2,10-12H2,1H3,(H,23,26)(H,27,28)/t17?,18-/m0/s1. The van der Waals surface area contributed by atoms with E-state index in [9.17, 15) is 14.1 Å². The van der Waals surface area contributed by atoms with E-state index in [1.54, 1.807) is 24.3 Å². The summed E-state index contributed by atoms with van der Waals surface area (Å²) in [5, 5.41) is 15.8. The number of phenolic OH excluding ortho intramolecular Hbond substituents is 1. The average Bonchev–Trinajstić information content (AvgIpc) is 3.19. The predicted molar refractivity (Wildman–Crippen MR) is 118 cm³/mol. The Morgan fingerprint density at radius 3 is 2.83 bits per heavy atom. The number of aryl methyl sites for hydroxylation is 1. The van der Waals surface area contributed by atoms with Crippen LogP contribution in [0.25, 0.3) is 0 Å². The van der Waals surface area contributed by atoms with Gasteiger partial charge in [-0.05, 0) is 30.9 Å². The zero-order valence-corrected chi connectivity index (χ0v) is 18.2. The minimum Gasteiger partial charge on any atom is -0.508 e. The van der Waals surface area contributed by atoms with Crippen molar-refractivity contribution in [2.24, 2.45) is 0 Å². The molecular formula is C21H25N3O4S2. The maximum absolute atomic E-state index is 12.7. The van der Waals surface area contributed by atoms with Gasteiger partial charge in [-0.3, -0.25) is 9.35 Å². The first-order chi connectivity index (χ1) is 14.4. The first-order valence-corrected chi connectivity index (χ1v) is 11.7. The number of thiazole rings is 1. The number of nitrogens with zero attached hydrogens (tertiary/aromatic N) is 1. The first kappa shape index (κ1) is 22.4. The Balaban J connectivity index is 1.70. The van der Waals surface area contributed by atoms with Crippen LogP contribution in [0.5, 0.6) is 5.75 Å². The van der Waals surface area contributed by atoms with Crippen molar-refractivity contribution in [1.82, 2.24) is 15.0 Å². The Hall–Kier alpha value is -2.33. The monoisotopic (exact) mass is 447 g/mol. The van der Waals surface area contributed by atoms with E-state index in [1.165, 1.54) is 11.3 Å². The number of para-hydroxylation sites is 1. The second-order valence-corrected chi connectivity index (χ2v) is 8.63. The summed E-state index contributed by atoms with van der Waals surface area (Å²) in [4.78, 5) is 17.3. The summed E-state index contributed by atoms with van der Waals surface area (Å²) >= 11 is -0.540. The van der Waals surface area contributed by atoms with E-state index in [0.717, 1.165) is 22.7 Å². The Kier molecular flexibility index (Phi) is 7.92. The highest BCUT2D eigenvalue weighted by atomic mass is 32.2. The molecule has 3 atom stereocenters. The van der Waals surface area contributed by atoms with Crippen molar-refractivity contribution >= 4 is 28.5 Å². The number of allylic oxidation sites excluding steroid dienone is 1. The van der Waals surface area contributed by atoms with Crippen LogP contribution in [-0.4, -0.2) is 30.8 Å². The van der Waals surface area contributed by atoms with Gasteiger partial charge in [-0.25, -0.2) is 13.9 Å². The third-order valence-electron chi connectivity index (χ3n) is 4.78. The first-order valence-electron chi connectivity index (χ1n) is 9.69. The Bertz CT molecular complexity index is 971. The number of amides is 1. The number of carbonyl (C=O) groups is 1. The predicted octanol–water partition coefficient (Wildman–Crippen LogP) is 3.18. The molecule has 0 saturated carbocycles. The molecule has 0 aliphatic heterocycles. The molecule has 1 amide bonds. The van der Waals surface area contributed by atoms with Crippen molar-refractivity contribution < 1.29 is 18.7 Å². The zero-order valence-electron chi connectivity index (χ0n) is 16.6. The number of aromatic hydroxyl groups is 1. The molecule has 4 N–H and O–H groups in total. The minimum absolute atomic E-state index is 0.0817. The van der Waals surface area contributed by atoms with Crippen molar-refractivity contribution in [3.8, 4) is 5.75 Å². The van der Waals surface area contributed by atoms with E-state index in [0.29, 0.717) is 18.4 Å². The van der Waals surface area contributed by atoms with Gasteiger partial charge in [-0.1, -0.05) is 43.4 Å². The molecule has 0 spiro atoms. The summed E-state index contributed by atoms with van der Waals surface area (Å²) in [5.41, 5.74) is 2.58. The molecule has 1 aromatic carbocycles. The summed E-state index contributed by atoms with van der Waals surface area (Å²) in [6, 6.07) is 6.32. The summed E-state index contributed by atoms with van der Waals surface area (Å²) in [6.07, 6.45) is 7.82. The van der Waals surface area contributed by atoms with Gasteiger partial charge in [0.05, 0.1) is 18.2 Å². The lowest BCUT2D eigenvalue weighted by Crippen LogP contribution is -2.31. The molecule has 160 valence electrons. The lowest BCUT2D eigenvalue weighted by Gasteiger charge is -2.20. The molecule has 2 aromatic rings. The van der Waals surface area contributed by atoms with Crippen LogP contribution in [0.1, 0.15) is 42.1 Å². The highest BCUT2D eigenvalue weighted by molar-refractivity contribution is 7.77. The summed E-state index contributed by atoms with van der Waals surface area (Å²) in [6.45, 7) is 2.04. The Morgan fingerprint density at radius 2 is 2.20 bits per heavy atom. The fourth-order valence-electron chi connectivity index (χ4n) is 3.19. The minimum atomic E-state index is -2.06. The van der Waals surface area contributed by atoms with Gasteiger partial charge < -0.3 is 10.4 Å². The topological polar surface area (TPSA) is 112 Å². The molecular weight excluding hydrogens is 422 g/mol. The fourth-order valence-corrected chi connectivity index (χ4v) is 4.58. The maximum Gasteiger partial charge on any atom is 0.232 e. The molecule has 30 heavy (non-hydrogen) atoms. The third-order valence-corrected chi connectivity index (χ3v) is 6.29. The largest absolute Gasteiger partial charge is 0.508 e. The quantitative estimate of drug-likeness (QED) is 0.441. The maximum atomic E-state index is 12.7. The van der Waals surface area contributed by atoms with E-state index in [4.69, 9.17) is 4.55 Å². The molecule has 1 aliphatic carbocycles. The van der Waals surface area contributed by atoms with E-state index < -0.39 is 11.3 Å². The van der Waals surface area contributed by atoms with Crippen molar-refractivity contribution in [2.75, 3.05) is 0 Å². The van der Waals surface area contributed by atoms with Crippen LogP contribution in [0.3, 0.4) is 0 Å². The van der Waals surface area contributed by atoms with Gasteiger partial charge in [0.25, 0.3) is 0 Å². The Labute approximate surface area is 182 Å². The lowest BCUT2D eigenvalue weighted by molar-refractivity contribution is -0.121. The number of aromatic nitrogens is 1. The van der Waals surface area contributed by atoms with Gasteiger partial charge in [0.15, 0.2) is 0 Å². The summed E-state index contributed by atoms with van der Waals surface area (Å²) in [7, 11) is 0. The van der Waals surface area contributed by atoms with Gasteiger partial charge >= 0.3 is 0 Å². The number of carbonyl (C=O) groups excluding carboxylic acids is 1. The number of hydrogen-bond acceptors (Lipinski definition) is 5. The zero-order chi connectivity index (χ0) is 21.5. The van der Waals surface area contributed by atoms with Gasteiger partial charge in [-0.15, -0.1) is 11.3 Å². The number of nitrogens with one attached hydrogen (secondary N) is 2. The van der Waals surface area contributed by atoms with E-state index >= 15 is 0 Å². The van der Waals surface area contributed by atoms with Crippen LogP contribution >= 0.6 is 11.3 Å². The molecule has 1 aromatic heterocycles. The SMILES string of the molecule is CCc1csc([C@H](CC2=CCC(NS(=O)O)C=C2)NC(=O)Cc2ccccc2O)n1. The second-order valence-electron chi connectivity index (χ2n) is 7.01. The van der Waals surface area contributed by atoms with Crippen LogP contribution in [0.2, 0.25) is 0 Å². The normalized spacial score (nSPS) is 17.9. The molecule has 3 rings (SSSR count). The van der Waals surface area contributed by atoms with Crippen molar-refractivity contribution in [2.45, 2.75) is 44.7 Å². The molecule has 0 fully saturated rings. The number of benzene rings is 1. The second kappa shape index (κ2) is 10.6. The van der Waals surface area contributed by atoms with Crippen LogP contribution in [0.4, 0.5) is 0 Å². The number of hydrogen-bond donors (Lipinski definition) is 4. The van der Waals surface area contributed by atoms with Crippen molar-refractivity contribution in [3.05, 3.63) is 69.7 Å². The third kappa shape index (κ3) is 6.33. The highest BCUT2D eigenvalue weighted by Gasteiger charge is 2.21. The van der Waals surface area contributed by atoms with Crippen LogP contribution in [-0.2, 0) is 28.9 Å². The molecule has 0 saturated heterocycles. The summed E-state index contributed by atoms with van der Waals surface area (Å²) < 4.78 is 22.4. The van der Waals surface area contributed by atoms with Gasteiger partial charge in [-0.2, -0.15) is 0 Å². The van der Waals surface area contributed by atoms with E-state index in [-0.39, 0.29) is 30.2 Å². The van der Waals surface area contributed by atoms with E-state index in [1.807, 2.05) is 30.5 Å². The van der Waals surface area contributed by atoms with Crippen LogP contribution in [0, 0.1) is 0 Å². The van der Waals surface area contributed by atoms with Crippen LogP contribution < -0.4 is 10.0 Å². The number of rotatable bonds is 9. The molecule has 0 radical (unpaired) electrons. The lowest BCUT2D eigenvalue weighted by atomic mass is 9.98. The number of phenols is 1. The van der Waals surface area contributed by atoms with Gasteiger partial charge in [0.2, 0.25) is 17.2 Å². The van der Waals surface area contributed by atoms with E-state index in [2.05, 4.69) is 15.0 Å². The van der Waals surface area contributed by atoms with Crippen molar-refractivity contribution in [1.29, 1.82) is 0 Å². The molecule has 0 bridgehead atoms. The highest BCUT2D eigenvalue weighted by Crippen LogP contribution is 2.28. The van der Waals surface area contributed by atoms with Crippen LogP contribution in [0.15, 0.2) is 53.4 Å². The van der Waals surface area contributed by atoms with Gasteiger partial charge in [0, 0.05) is 17.0 Å². The molecule has 2 unspecified atom stereocenters. The van der Waals surface area contributed by atoms with Gasteiger partial charge in [0.1, 0.15) is 10.8 Å². The molecule has 1 heterocycles. The fraction of sp³-hybridized carbons (Fsp3) is 0.333. The Morgan fingerprint density at radius 1 is 1.40 bits per heavy atom. The summed E-state index contributed by atoms with van der Waals surface area (Å²) in [5.74, 6) is -0.0881. The molecule has 9 heteroatoms.